The normalized spacial score (nSPS) is 26.4. The zero-order chi connectivity index (χ0) is 13.1. The van der Waals surface area contributed by atoms with Crippen LogP contribution in [-0.2, 0) is 14.8 Å². The minimum Gasteiger partial charge on any atom is -0.481 e. The molecule has 0 spiro atoms. The first-order valence-electron chi connectivity index (χ1n) is 5.54. The summed E-state index contributed by atoms with van der Waals surface area (Å²) >= 11 is 0. The van der Waals surface area contributed by atoms with E-state index in [-0.39, 0.29) is 12.5 Å². The molecular formula is C10H16N2O4S. The molecule has 0 bridgehead atoms. The zero-order valence-corrected chi connectivity index (χ0v) is 10.4. The molecule has 0 heterocycles. The molecule has 1 aliphatic rings. The second-order valence-electron chi connectivity index (χ2n) is 4.23. The van der Waals surface area contributed by atoms with Crippen molar-refractivity contribution >= 4 is 16.0 Å². The van der Waals surface area contributed by atoms with E-state index in [4.69, 9.17) is 10.4 Å². The monoisotopic (exact) mass is 260 g/mol. The van der Waals surface area contributed by atoms with Crippen molar-refractivity contribution < 1.29 is 18.3 Å². The average molecular weight is 260 g/mol. The van der Waals surface area contributed by atoms with Gasteiger partial charge in [0.2, 0.25) is 10.0 Å². The number of aliphatic carboxylic acids is 1. The molecule has 0 amide bonds. The van der Waals surface area contributed by atoms with Crippen molar-refractivity contribution in [3.63, 3.8) is 0 Å². The average Bonchev–Trinajstić information content (AvgIpc) is 2.66. The predicted molar refractivity (Wildman–Crippen MR) is 60.5 cm³/mol. The van der Waals surface area contributed by atoms with Crippen LogP contribution in [0.2, 0.25) is 0 Å². The van der Waals surface area contributed by atoms with Crippen molar-refractivity contribution in [3.05, 3.63) is 0 Å². The summed E-state index contributed by atoms with van der Waals surface area (Å²) in [6.45, 7) is 1.63. The van der Waals surface area contributed by atoms with Crippen LogP contribution in [-0.4, -0.2) is 30.8 Å². The number of hydrogen-bond donors (Lipinski definition) is 2. The first-order valence-corrected chi connectivity index (χ1v) is 7.09. The van der Waals surface area contributed by atoms with Crippen molar-refractivity contribution in [1.29, 1.82) is 5.26 Å². The zero-order valence-electron chi connectivity index (χ0n) is 9.59. The number of nitriles is 1. The summed E-state index contributed by atoms with van der Waals surface area (Å²) in [5.74, 6) is -1.37. The molecule has 0 aliphatic heterocycles. The van der Waals surface area contributed by atoms with Crippen molar-refractivity contribution in [3.8, 4) is 6.07 Å². The molecule has 1 fully saturated rings. The molecule has 2 N–H and O–H groups in total. The third-order valence-electron chi connectivity index (χ3n) is 3.00. The molecule has 17 heavy (non-hydrogen) atoms. The minimum absolute atomic E-state index is 0.223. The van der Waals surface area contributed by atoms with Crippen LogP contribution in [0.25, 0.3) is 0 Å². The molecule has 3 atom stereocenters. The number of sulfonamides is 1. The van der Waals surface area contributed by atoms with Crippen molar-refractivity contribution in [1.82, 2.24) is 4.72 Å². The molecule has 0 aromatic rings. The Hall–Kier alpha value is -1.13. The van der Waals surface area contributed by atoms with Gasteiger partial charge in [0.25, 0.3) is 0 Å². The Morgan fingerprint density at radius 2 is 2.24 bits per heavy atom. The molecule has 7 heteroatoms. The number of nitrogens with one attached hydrogen (secondary N) is 1. The Morgan fingerprint density at radius 3 is 2.65 bits per heavy atom. The van der Waals surface area contributed by atoms with Gasteiger partial charge in [-0.1, -0.05) is 6.92 Å². The molecule has 6 nitrogen and oxygen atoms in total. The molecule has 0 saturated heterocycles. The predicted octanol–water partition coefficient (Wildman–Crippen LogP) is 0.461. The number of rotatable bonds is 5. The van der Waals surface area contributed by atoms with E-state index in [0.717, 1.165) is 0 Å². The van der Waals surface area contributed by atoms with Crippen LogP contribution in [0.4, 0.5) is 0 Å². The molecular weight excluding hydrogens is 244 g/mol. The van der Waals surface area contributed by atoms with E-state index in [1.54, 1.807) is 13.0 Å². The highest BCUT2D eigenvalue weighted by Gasteiger charge is 2.34. The van der Waals surface area contributed by atoms with Gasteiger partial charge in [-0.2, -0.15) is 5.26 Å². The standard InChI is InChI=1S/C10H16N2O4S/c1-2-9(6-11)17(15,16)12-8-4-3-7(5-8)10(13)14/h7-9,12H,2-5H2,1H3,(H,13,14). The fraction of sp³-hybridized carbons (Fsp3) is 0.800. The van der Waals surface area contributed by atoms with Crippen LogP contribution >= 0.6 is 0 Å². The van der Waals surface area contributed by atoms with Gasteiger partial charge in [-0.05, 0) is 25.7 Å². The van der Waals surface area contributed by atoms with Crippen molar-refractivity contribution in [2.75, 3.05) is 0 Å². The van der Waals surface area contributed by atoms with Gasteiger partial charge in [-0.15, -0.1) is 0 Å². The lowest BCUT2D eigenvalue weighted by atomic mass is 10.1. The Kier molecular flexibility index (Phi) is 4.48. The topological polar surface area (TPSA) is 107 Å². The molecule has 0 aromatic heterocycles. The Labute approximate surface area is 101 Å². The lowest BCUT2D eigenvalue weighted by Crippen LogP contribution is -2.39. The van der Waals surface area contributed by atoms with Gasteiger partial charge >= 0.3 is 5.97 Å². The maximum atomic E-state index is 11.7. The largest absolute Gasteiger partial charge is 0.481 e. The summed E-state index contributed by atoms with van der Waals surface area (Å²) in [7, 11) is -3.66. The minimum atomic E-state index is -3.66. The van der Waals surface area contributed by atoms with E-state index in [9.17, 15) is 13.2 Å². The van der Waals surface area contributed by atoms with Crippen LogP contribution in [0.15, 0.2) is 0 Å². The molecule has 96 valence electrons. The third kappa shape index (κ3) is 3.41. The van der Waals surface area contributed by atoms with E-state index in [2.05, 4.69) is 4.72 Å². The molecule has 1 saturated carbocycles. The van der Waals surface area contributed by atoms with E-state index in [0.29, 0.717) is 19.3 Å². The lowest BCUT2D eigenvalue weighted by molar-refractivity contribution is -0.141. The lowest BCUT2D eigenvalue weighted by Gasteiger charge is -2.15. The third-order valence-corrected chi connectivity index (χ3v) is 4.85. The van der Waals surface area contributed by atoms with E-state index in [1.165, 1.54) is 0 Å². The van der Waals surface area contributed by atoms with Gasteiger partial charge in [-0.25, -0.2) is 13.1 Å². The van der Waals surface area contributed by atoms with Gasteiger partial charge in [0.1, 0.15) is 0 Å². The fourth-order valence-corrected chi connectivity index (χ4v) is 3.43. The van der Waals surface area contributed by atoms with Gasteiger partial charge in [0.05, 0.1) is 12.0 Å². The number of carbonyl (C=O) groups is 1. The maximum Gasteiger partial charge on any atom is 0.306 e. The number of hydrogen-bond acceptors (Lipinski definition) is 4. The summed E-state index contributed by atoms with van der Waals surface area (Å²) in [5, 5.41) is 16.5. The first-order chi connectivity index (χ1) is 7.90. The molecule has 3 unspecified atom stereocenters. The van der Waals surface area contributed by atoms with Gasteiger partial charge < -0.3 is 5.11 Å². The van der Waals surface area contributed by atoms with Crippen LogP contribution in [0.1, 0.15) is 32.6 Å². The Balaban J connectivity index is 2.62. The number of carboxylic acid groups (broad SMARTS) is 1. The second kappa shape index (κ2) is 5.47. The quantitative estimate of drug-likeness (QED) is 0.746. The van der Waals surface area contributed by atoms with Crippen LogP contribution < -0.4 is 4.72 Å². The van der Waals surface area contributed by atoms with E-state index < -0.39 is 27.2 Å². The number of nitrogens with zero attached hydrogens (tertiary/aromatic N) is 1. The Morgan fingerprint density at radius 1 is 1.59 bits per heavy atom. The molecule has 0 radical (unpaired) electrons. The summed E-state index contributed by atoms with van der Waals surface area (Å²) in [5.41, 5.74) is 0. The van der Waals surface area contributed by atoms with Crippen molar-refractivity contribution in [2.45, 2.75) is 43.9 Å². The Bertz CT molecular complexity index is 426. The number of carboxylic acids is 1. The van der Waals surface area contributed by atoms with Gasteiger partial charge in [-0.3, -0.25) is 4.79 Å². The maximum absolute atomic E-state index is 11.7. The SMILES string of the molecule is CCC(C#N)S(=O)(=O)NC1CCC(C(=O)O)C1. The van der Waals surface area contributed by atoms with Crippen LogP contribution in [0.5, 0.6) is 0 Å². The summed E-state index contributed by atoms with van der Waals surface area (Å²) in [6.07, 6.45) is 1.52. The second-order valence-corrected chi connectivity index (χ2v) is 6.13. The highest BCUT2D eigenvalue weighted by atomic mass is 32.2. The summed E-state index contributed by atoms with van der Waals surface area (Å²) < 4.78 is 25.9. The van der Waals surface area contributed by atoms with E-state index >= 15 is 0 Å². The summed E-state index contributed by atoms with van der Waals surface area (Å²) in [4.78, 5) is 10.7. The van der Waals surface area contributed by atoms with Gasteiger partial charge in [0, 0.05) is 6.04 Å². The first kappa shape index (κ1) is 13.9. The highest BCUT2D eigenvalue weighted by molar-refractivity contribution is 7.90. The van der Waals surface area contributed by atoms with Gasteiger partial charge in [0.15, 0.2) is 5.25 Å². The molecule has 0 aromatic carbocycles. The van der Waals surface area contributed by atoms with Crippen LogP contribution in [0.3, 0.4) is 0 Å². The molecule has 1 aliphatic carbocycles. The molecule has 1 rings (SSSR count). The van der Waals surface area contributed by atoms with Crippen molar-refractivity contribution in [2.24, 2.45) is 5.92 Å². The van der Waals surface area contributed by atoms with Crippen LogP contribution in [0, 0.1) is 17.2 Å². The van der Waals surface area contributed by atoms with E-state index in [1.807, 2.05) is 0 Å². The highest BCUT2D eigenvalue weighted by Crippen LogP contribution is 2.26. The summed E-state index contributed by atoms with van der Waals surface area (Å²) in [6, 6.07) is 1.38. The fourth-order valence-electron chi connectivity index (χ4n) is 2.01. The smallest absolute Gasteiger partial charge is 0.306 e.